The number of cyclic esters (lactones) is 1. The molecule has 0 spiro atoms. The van der Waals surface area contributed by atoms with E-state index in [0.717, 1.165) is 11.1 Å². The molecule has 0 atom stereocenters. The van der Waals surface area contributed by atoms with E-state index in [2.05, 4.69) is 4.99 Å². The fourth-order valence-electron chi connectivity index (χ4n) is 2.62. The van der Waals surface area contributed by atoms with E-state index in [-0.39, 0.29) is 11.6 Å². The molecule has 2 aromatic rings. The third-order valence-electron chi connectivity index (χ3n) is 3.82. The summed E-state index contributed by atoms with van der Waals surface area (Å²) in [6, 6.07) is 12.6. The summed E-state index contributed by atoms with van der Waals surface area (Å²) in [7, 11) is 0. The molecule has 1 aliphatic rings. The molecule has 0 radical (unpaired) electrons. The quantitative estimate of drug-likeness (QED) is 0.459. The lowest BCUT2D eigenvalue weighted by Gasteiger charge is -2.10. The van der Waals surface area contributed by atoms with Crippen molar-refractivity contribution in [3.8, 4) is 11.5 Å². The van der Waals surface area contributed by atoms with Crippen LogP contribution >= 0.6 is 0 Å². The standard InChI is InChI=1S/C21H19NO5/c1-4-25-19-12-15(9-10-18(19)26-14(3)23)11-17-21(24)27-20(22-17)16-8-6-5-7-13(16)2/h5-12H,4H2,1-3H3/b17-11+. The molecule has 2 aromatic carbocycles. The van der Waals surface area contributed by atoms with Crippen molar-refractivity contribution in [2.24, 2.45) is 4.99 Å². The monoisotopic (exact) mass is 365 g/mol. The van der Waals surface area contributed by atoms with E-state index in [1.807, 2.05) is 38.1 Å². The molecule has 0 bridgehead atoms. The summed E-state index contributed by atoms with van der Waals surface area (Å²) in [5.41, 5.74) is 2.61. The van der Waals surface area contributed by atoms with E-state index >= 15 is 0 Å². The van der Waals surface area contributed by atoms with Gasteiger partial charge in [0, 0.05) is 12.5 Å². The van der Waals surface area contributed by atoms with Crippen molar-refractivity contribution in [2.75, 3.05) is 6.61 Å². The number of carbonyl (C=O) groups excluding carboxylic acids is 2. The molecular formula is C21H19NO5. The molecular weight excluding hydrogens is 346 g/mol. The zero-order valence-electron chi connectivity index (χ0n) is 15.3. The minimum atomic E-state index is -0.518. The highest BCUT2D eigenvalue weighted by Crippen LogP contribution is 2.30. The van der Waals surface area contributed by atoms with Gasteiger partial charge in [0.15, 0.2) is 17.2 Å². The van der Waals surface area contributed by atoms with E-state index in [1.165, 1.54) is 6.92 Å². The summed E-state index contributed by atoms with van der Waals surface area (Å²) in [4.78, 5) is 27.7. The van der Waals surface area contributed by atoms with E-state index in [0.29, 0.717) is 23.7 Å². The number of hydrogen-bond acceptors (Lipinski definition) is 6. The lowest BCUT2D eigenvalue weighted by atomic mass is 10.1. The fraction of sp³-hybridized carbons (Fsp3) is 0.190. The number of hydrogen-bond donors (Lipinski definition) is 0. The van der Waals surface area contributed by atoms with Crippen LogP contribution in [0, 0.1) is 6.92 Å². The number of rotatable bonds is 5. The molecule has 27 heavy (non-hydrogen) atoms. The van der Waals surface area contributed by atoms with E-state index in [9.17, 15) is 9.59 Å². The minimum Gasteiger partial charge on any atom is -0.490 e. The SMILES string of the molecule is CCOc1cc(/C=C2/N=C(c3ccccc3C)OC2=O)ccc1OC(C)=O. The van der Waals surface area contributed by atoms with Crippen LogP contribution < -0.4 is 9.47 Å². The van der Waals surface area contributed by atoms with Crippen LogP contribution in [0.15, 0.2) is 53.2 Å². The smallest absolute Gasteiger partial charge is 0.363 e. The zero-order valence-corrected chi connectivity index (χ0v) is 15.3. The van der Waals surface area contributed by atoms with Gasteiger partial charge in [-0.2, -0.15) is 0 Å². The fourth-order valence-corrected chi connectivity index (χ4v) is 2.62. The highest BCUT2D eigenvalue weighted by molar-refractivity contribution is 6.13. The van der Waals surface area contributed by atoms with Gasteiger partial charge >= 0.3 is 11.9 Å². The van der Waals surface area contributed by atoms with Gasteiger partial charge in [0.05, 0.1) is 6.61 Å². The maximum Gasteiger partial charge on any atom is 0.363 e. The molecule has 0 fully saturated rings. The number of aryl methyl sites for hydroxylation is 1. The molecule has 0 aliphatic carbocycles. The lowest BCUT2D eigenvalue weighted by molar-refractivity contribution is -0.132. The van der Waals surface area contributed by atoms with E-state index in [1.54, 1.807) is 24.3 Å². The van der Waals surface area contributed by atoms with Crippen LogP contribution in [-0.2, 0) is 14.3 Å². The number of aliphatic imine (C=N–C) groups is 1. The van der Waals surface area contributed by atoms with Crippen molar-refractivity contribution < 1.29 is 23.8 Å². The first-order valence-electron chi connectivity index (χ1n) is 8.51. The molecule has 0 unspecified atom stereocenters. The Bertz CT molecular complexity index is 959. The summed E-state index contributed by atoms with van der Waals surface area (Å²) in [5, 5.41) is 0. The predicted octanol–water partition coefficient (Wildman–Crippen LogP) is 3.66. The molecule has 1 aliphatic heterocycles. The van der Waals surface area contributed by atoms with Crippen LogP contribution in [0.4, 0.5) is 0 Å². The maximum atomic E-state index is 12.2. The van der Waals surface area contributed by atoms with E-state index < -0.39 is 11.9 Å². The number of ether oxygens (including phenoxy) is 3. The second-order valence-electron chi connectivity index (χ2n) is 5.88. The van der Waals surface area contributed by atoms with Gasteiger partial charge in [0.2, 0.25) is 5.90 Å². The molecule has 3 rings (SSSR count). The van der Waals surface area contributed by atoms with Crippen LogP contribution in [0.25, 0.3) is 6.08 Å². The molecule has 1 heterocycles. The van der Waals surface area contributed by atoms with Crippen LogP contribution in [0.3, 0.4) is 0 Å². The molecule has 0 amide bonds. The first-order valence-corrected chi connectivity index (χ1v) is 8.51. The Hall–Kier alpha value is -3.41. The summed E-state index contributed by atoms with van der Waals surface area (Å²) < 4.78 is 16.0. The van der Waals surface area contributed by atoms with Crippen molar-refractivity contribution in [3.05, 3.63) is 64.9 Å². The molecule has 0 saturated heterocycles. The molecule has 0 N–H and O–H groups in total. The van der Waals surface area contributed by atoms with Crippen molar-refractivity contribution >= 4 is 23.9 Å². The van der Waals surface area contributed by atoms with Crippen LogP contribution in [0.1, 0.15) is 30.5 Å². The maximum absolute atomic E-state index is 12.2. The van der Waals surface area contributed by atoms with Crippen LogP contribution in [0.2, 0.25) is 0 Å². The lowest BCUT2D eigenvalue weighted by Crippen LogP contribution is -2.06. The first-order chi connectivity index (χ1) is 13.0. The third-order valence-corrected chi connectivity index (χ3v) is 3.82. The topological polar surface area (TPSA) is 74.2 Å². The van der Waals surface area contributed by atoms with Gasteiger partial charge in [-0.25, -0.2) is 9.79 Å². The van der Waals surface area contributed by atoms with Gasteiger partial charge in [0.25, 0.3) is 0 Å². The second-order valence-corrected chi connectivity index (χ2v) is 5.88. The molecule has 0 saturated carbocycles. The Morgan fingerprint density at radius 3 is 2.67 bits per heavy atom. The summed E-state index contributed by atoms with van der Waals surface area (Å²) in [6.07, 6.45) is 1.60. The third kappa shape index (κ3) is 4.23. The van der Waals surface area contributed by atoms with Crippen LogP contribution in [0.5, 0.6) is 11.5 Å². The van der Waals surface area contributed by atoms with E-state index in [4.69, 9.17) is 14.2 Å². The normalized spacial score (nSPS) is 14.7. The number of nitrogens with zero attached hydrogens (tertiary/aromatic N) is 1. The molecule has 6 nitrogen and oxygen atoms in total. The predicted molar refractivity (Wildman–Crippen MR) is 101 cm³/mol. The summed E-state index contributed by atoms with van der Waals surface area (Å²) in [6.45, 7) is 5.49. The van der Waals surface area contributed by atoms with Gasteiger partial charge in [-0.05, 0) is 49.2 Å². The van der Waals surface area contributed by atoms with Gasteiger partial charge in [-0.15, -0.1) is 0 Å². The average Bonchev–Trinajstić information content (AvgIpc) is 2.98. The zero-order chi connectivity index (χ0) is 19.4. The van der Waals surface area contributed by atoms with Crippen molar-refractivity contribution in [1.29, 1.82) is 0 Å². The van der Waals surface area contributed by atoms with Crippen molar-refractivity contribution in [3.63, 3.8) is 0 Å². The number of carbonyl (C=O) groups is 2. The Kier molecular flexibility index (Phi) is 5.35. The molecule has 6 heteroatoms. The Morgan fingerprint density at radius 1 is 1.19 bits per heavy atom. The highest BCUT2D eigenvalue weighted by atomic mass is 16.6. The number of esters is 2. The Morgan fingerprint density at radius 2 is 1.96 bits per heavy atom. The largest absolute Gasteiger partial charge is 0.490 e. The van der Waals surface area contributed by atoms with Crippen LogP contribution in [-0.4, -0.2) is 24.4 Å². The van der Waals surface area contributed by atoms with Crippen molar-refractivity contribution in [1.82, 2.24) is 0 Å². The number of benzene rings is 2. The Balaban J connectivity index is 1.93. The van der Waals surface area contributed by atoms with Gasteiger partial charge in [-0.3, -0.25) is 4.79 Å². The van der Waals surface area contributed by atoms with Gasteiger partial charge in [-0.1, -0.05) is 24.3 Å². The minimum absolute atomic E-state index is 0.191. The summed E-state index contributed by atoms with van der Waals surface area (Å²) in [5.74, 6) is 0.0659. The molecule has 138 valence electrons. The first kappa shape index (κ1) is 18.4. The molecule has 0 aromatic heterocycles. The second kappa shape index (κ2) is 7.86. The highest BCUT2D eigenvalue weighted by Gasteiger charge is 2.25. The Labute approximate surface area is 157 Å². The van der Waals surface area contributed by atoms with Crippen molar-refractivity contribution in [2.45, 2.75) is 20.8 Å². The average molecular weight is 365 g/mol. The van der Waals surface area contributed by atoms with Gasteiger partial charge in [0.1, 0.15) is 0 Å². The van der Waals surface area contributed by atoms with Gasteiger partial charge < -0.3 is 14.2 Å². The summed E-state index contributed by atoms with van der Waals surface area (Å²) >= 11 is 0.